The molecule has 0 aliphatic carbocycles. The summed E-state index contributed by atoms with van der Waals surface area (Å²) in [6, 6.07) is 9.74. The summed E-state index contributed by atoms with van der Waals surface area (Å²) in [4.78, 5) is 10.7. The van der Waals surface area contributed by atoms with E-state index >= 15 is 0 Å². The van der Waals surface area contributed by atoms with E-state index in [0.29, 0.717) is 17.1 Å². The van der Waals surface area contributed by atoms with Gasteiger partial charge < -0.3 is 24.1 Å². The van der Waals surface area contributed by atoms with Crippen molar-refractivity contribution in [3.05, 3.63) is 48.0 Å². The maximum Gasteiger partial charge on any atom is 0.328 e. The summed E-state index contributed by atoms with van der Waals surface area (Å²) in [7, 11) is 1.68. The summed E-state index contributed by atoms with van der Waals surface area (Å²) in [5, 5.41) is 8.85. The van der Waals surface area contributed by atoms with Gasteiger partial charge in [-0.15, -0.1) is 0 Å². The van der Waals surface area contributed by atoms with Crippen molar-refractivity contribution in [2.24, 2.45) is 0 Å². The van der Waals surface area contributed by atoms with Gasteiger partial charge in [-0.25, -0.2) is 13.2 Å². The molecule has 2 aromatic carbocycles. The van der Waals surface area contributed by atoms with Gasteiger partial charge in [0.15, 0.2) is 11.5 Å². The number of hydrogen-bond acceptors (Lipinski definition) is 7. The number of likely N-dealkylation sites (N-methyl/N-ethyl adjacent to an activating group) is 1. The van der Waals surface area contributed by atoms with Gasteiger partial charge >= 0.3 is 5.97 Å². The van der Waals surface area contributed by atoms with Gasteiger partial charge in [-0.3, -0.25) is 0 Å². The average molecular weight is 451 g/mol. The van der Waals surface area contributed by atoms with Gasteiger partial charge in [-0.05, 0) is 48.0 Å². The summed E-state index contributed by atoms with van der Waals surface area (Å²) in [5.41, 5.74) is 0.335. The third-order valence-electron chi connectivity index (χ3n) is 4.31. The molecule has 168 valence electrons. The molecule has 0 saturated heterocycles. The van der Waals surface area contributed by atoms with Gasteiger partial charge in [-0.1, -0.05) is 0 Å². The van der Waals surface area contributed by atoms with E-state index in [4.69, 9.17) is 24.1 Å². The molecule has 0 atom stereocenters. The highest BCUT2D eigenvalue weighted by Gasteiger charge is 2.27. The fourth-order valence-electron chi connectivity index (χ4n) is 2.66. The Hall–Kier alpha value is -3.24. The minimum atomic E-state index is -3.99. The van der Waals surface area contributed by atoms with Crippen molar-refractivity contribution in [1.82, 2.24) is 4.31 Å². The predicted octanol–water partition coefficient (Wildman–Crippen LogP) is 2.51. The molecule has 0 spiro atoms. The van der Waals surface area contributed by atoms with Crippen molar-refractivity contribution in [3.8, 4) is 23.0 Å². The molecule has 0 aromatic heterocycles. The second kappa shape index (κ2) is 10.7. The first-order chi connectivity index (χ1) is 14.7. The maximum atomic E-state index is 13.2. The molecule has 0 radical (unpaired) electrons. The molecule has 0 bridgehead atoms. The smallest absolute Gasteiger partial charge is 0.328 e. The Morgan fingerprint density at radius 3 is 2.23 bits per heavy atom. The SMILES string of the molecule is COc1ccc(OCCN(C)S(=O)(=O)c2cc(/C=C/C(=O)O)cc(OC)c2OC)cc1. The number of hydrogen-bond donors (Lipinski definition) is 1. The highest BCUT2D eigenvalue weighted by Crippen LogP contribution is 2.37. The number of nitrogens with zero attached hydrogens (tertiary/aromatic N) is 1. The number of aliphatic carboxylic acids is 1. The first kappa shape index (κ1) is 24.0. The van der Waals surface area contributed by atoms with Gasteiger partial charge in [0.2, 0.25) is 10.0 Å². The fraction of sp³-hybridized carbons (Fsp3) is 0.286. The standard InChI is InChI=1S/C21H25NO8S/c1-22(11-12-30-17-8-6-16(27-2)7-9-17)31(25,26)19-14-15(5-10-20(23)24)13-18(28-3)21(19)29-4/h5-10,13-14H,11-12H2,1-4H3,(H,23,24)/b10-5+. The highest BCUT2D eigenvalue weighted by atomic mass is 32.2. The molecule has 2 rings (SSSR count). The van der Waals surface area contributed by atoms with Crippen LogP contribution in [0.2, 0.25) is 0 Å². The van der Waals surface area contributed by atoms with Gasteiger partial charge in [0.1, 0.15) is 23.0 Å². The summed E-state index contributed by atoms with van der Waals surface area (Å²) in [5.74, 6) is 0.290. The molecule has 0 heterocycles. The lowest BCUT2D eigenvalue weighted by Crippen LogP contribution is -2.31. The number of carbonyl (C=O) groups is 1. The van der Waals surface area contributed by atoms with Crippen LogP contribution in [-0.2, 0) is 14.8 Å². The average Bonchev–Trinajstić information content (AvgIpc) is 2.77. The van der Waals surface area contributed by atoms with E-state index < -0.39 is 16.0 Å². The van der Waals surface area contributed by atoms with E-state index in [1.165, 1.54) is 39.5 Å². The lowest BCUT2D eigenvalue weighted by molar-refractivity contribution is -0.131. The van der Waals surface area contributed by atoms with Crippen LogP contribution in [0.1, 0.15) is 5.56 Å². The van der Waals surface area contributed by atoms with Crippen LogP contribution in [0.4, 0.5) is 0 Å². The number of rotatable bonds is 11. The van der Waals surface area contributed by atoms with E-state index in [-0.39, 0.29) is 29.5 Å². The summed E-state index contributed by atoms with van der Waals surface area (Å²) in [6.07, 6.45) is 2.18. The quantitative estimate of drug-likeness (QED) is 0.519. The summed E-state index contributed by atoms with van der Waals surface area (Å²) in [6.45, 7) is 0.176. The molecule has 10 heteroatoms. The lowest BCUT2D eigenvalue weighted by Gasteiger charge is -2.20. The van der Waals surface area contributed by atoms with Crippen molar-refractivity contribution in [1.29, 1.82) is 0 Å². The lowest BCUT2D eigenvalue weighted by atomic mass is 10.2. The number of benzene rings is 2. The van der Waals surface area contributed by atoms with Crippen LogP contribution in [0.15, 0.2) is 47.4 Å². The summed E-state index contributed by atoms with van der Waals surface area (Å²) < 4.78 is 48.7. The van der Waals surface area contributed by atoms with Gasteiger partial charge in [0.05, 0.1) is 21.3 Å². The van der Waals surface area contributed by atoms with E-state index in [0.717, 1.165) is 10.4 Å². The van der Waals surface area contributed by atoms with Crippen LogP contribution in [-0.4, -0.2) is 65.3 Å². The third-order valence-corrected chi connectivity index (χ3v) is 6.17. The molecular formula is C21H25NO8S. The zero-order valence-electron chi connectivity index (χ0n) is 17.7. The molecule has 9 nitrogen and oxygen atoms in total. The number of carboxylic acid groups (broad SMARTS) is 1. The zero-order valence-corrected chi connectivity index (χ0v) is 18.5. The molecule has 0 aliphatic heterocycles. The largest absolute Gasteiger partial charge is 0.497 e. The molecule has 0 unspecified atom stereocenters. The highest BCUT2D eigenvalue weighted by molar-refractivity contribution is 7.89. The first-order valence-electron chi connectivity index (χ1n) is 9.13. The molecule has 1 N–H and O–H groups in total. The molecule has 0 amide bonds. The zero-order chi connectivity index (χ0) is 23.0. The van der Waals surface area contributed by atoms with E-state index in [1.54, 1.807) is 31.4 Å². The maximum absolute atomic E-state index is 13.2. The molecule has 31 heavy (non-hydrogen) atoms. The normalized spacial score (nSPS) is 11.5. The monoisotopic (exact) mass is 451 g/mol. The summed E-state index contributed by atoms with van der Waals surface area (Å²) >= 11 is 0. The van der Waals surface area contributed by atoms with Crippen LogP contribution in [0.3, 0.4) is 0 Å². The molecule has 2 aromatic rings. The van der Waals surface area contributed by atoms with Crippen LogP contribution < -0.4 is 18.9 Å². The van der Waals surface area contributed by atoms with Crippen molar-refractivity contribution < 1.29 is 37.3 Å². The Bertz CT molecular complexity index is 1030. The van der Waals surface area contributed by atoms with Crippen molar-refractivity contribution >= 4 is 22.1 Å². The number of methoxy groups -OCH3 is 3. The molecule has 0 fully saturated rings. The Morgan fingerprint density at radius 2 is 1.68 bits per heavy atom. The Kier molecular flexibility index (Phi) is 8.29. The topological polar surface area (TPSA) is 112 Å². The first-order valence-corrected chi connectivity index (χ1v) is 10.6. The van der Waals surface area contributed by atoms with Gasteiger partial charge in [0.25, 0.3) is 0 Å². The Morgan fingerprint density at radius 1 is 1.03 bits per heavy atom. The van der Waals surface area contributed by atoms with Crippen LogP contribution in [0.5, 0.6) is 23.0 Å². The van der Waals surface area contributed by atoms with Gasteiger partial charge in [0, 0.05) is 19.7 Å². The molecular weight excluding hydrogens is 426 g/mol. The fourth-order valence-corrected chi connectivity index (χ4v) is 4.01. The Balaban J connectivity index is 2.24. The Labute approximate surface area is 181 Å². The van der Waals surface area contributed by atoms with Crippen LogP contribution in [0.25, 0.3) is 6.08 Å². The molecule has 0 saturated carbocycles. The van der Waals surface area contributed by atoms with E-state index in [9.17, 15) is 13.2 Å². The van der Waals surface area contributed by atoms with Crippen molar-refractivity contribution in [3.63, 3.8) is 0 Å². The number of ether oxygens (including phenoxy) is 4. The predicted molar refractivity (Wildman–Crippen MR) is 115 cm³/mol. The minimum Gasteiger partial charge on any atom is -0.497 e. The minimum absolute atomic E-state index is 0.0258. The van der Waals surface area contributed by atoms with E-state index in [2.05, 4.69) is 0 Å². The van der Waals surface area contributed by atoms with Crippen molar-refractivity contribution in [2.45, 2.75) is 4.90 Å². The second-order valence-electron chi connectivity index (χ2n) is 6.28. The second-order valence-corrected chi connectivity index (χ2v) is 8.29. The molecule has 0 aliphatic rings. The van der Waals surface area contributed by atoms with Crippen LogP contribution >= 0.6 is 0 Å². The van der Waals surface area contributed by atoms with Gasteiger partial charge in [-0.2, -0.15) is 4.31 Å². The van der Waals surface area contributed by atoms with Crippen LogP contribution in [0, 0.1) is 0 Å². The van der Waals surface area contributed by atoms with Crippen molar-refractivity contribution in [2.75, 3.05) is 41.5 Å². The number of sulfonamides is 1. The number of carboxylic acids is 1. The van der Waals surface area contributed by atoms with E-state index in [1.807, 2.05) is 0 Å². The third kappa shape index (κ3) is 6.12.